The second-order valence-corrected chi connectivity index (χ2v) is 8.35. The fourth-order valence-corrected chi connectivity index (χ4v) is 4.44. The van der Waals surface area contributed by atoms with Crippen molar-refractivity contribution in [1.82, 2.24) is 19.7 Å². The highest BCUT2D eigenvalue weighted by Crippen LogP contribution is 2.54. The zero-order chi connectivity index (χ0) is 21.7. The van der Waals surface area contributed by atoms with Crippen molar-refractivity contribution in [3.05, 3.63) is 66.1 Å². The van der Waals surface area contributed by atoms with Gasteiger partial charge >= 0.3 is 0 Å². The number of pyridine rings is 2. The summed E-state index contributed by atoms with van der Waals surface area (Å²) in [4.78, 5) is 21.9. The minimum absolute atomic E-state index is 0.0191. The summed E-state index contributed by atoms with van der Waals surface area (Å²) in [7, 11) is 1.89. The number of fused-ring (bicyclic) bond motifs is 1. The van der Waals surface area contributed by atoms with E-state index in [1.165, 1.54) is 0 Å². The van der Waals surface area contributed by atoms with Gasteiger partial charge < -0.3 is 11.1 Å². The molecule has 0 spiro atoms. The van der Waals surface area contributed by atoms with E-state index in [0.717, 1.165) is 33.2 Å². The number of hydrogen-bond donors (Lipinski definition) is 2. The number of anilines is 2. The van der Waals surface area contributed by atoms with Gasteiger partial charge in [0.15, 0.2) is 0 Å². The maximum atomic E-state index is 12.9. The molecule has 1 amide bonds. The first kappa shape index (κ1) is 19.2. The minimum atomic E-state index is -0.0771. The van der Waals surface area contributed by atoms with Crippen LogP contribution >= 0.6 is 0 Å². The van der Waals surface area contributed by atoms with E-state index in [0.29, 0.717) is 11.6 Å². The molecule has 7 nitrogen and oxygen atoms in total. The van der Waals surface area contributed by atoms with Crippen molar-refractivity contribution in [2.45, 2.75) is 19.8 Å². The highest BCUT2D eigenvalue weighted by Gasteiger charge is 2.52. The van der Waals surface area contributed by atoms with Gasteiger partial charge in [-0.15, -0.1) is 0 Å². The fraction of sp³-hybridized carbons (Fsp3) is 0.250. The summed E-state index contributed by atoms with van der Waals surface area (Å²) in [6.07, 6.45) is 5.49. The van der Waals surface area contributed by atoms with Crippen molar-refractivity contribution in [1.29, 1.82) is 0 Å². The summed E-state index contributed by atoms with van der Waals surface area (Å²) in [5.74, 6) is 1.32. The molecule has 3 heterocycles. The zero-order valence-corrected chi connectivity index (χ0v) is 17.7. The van der Waals surface area contributed by atoms with Gasteiger partial charge in [-0.2, -0.15) is 5.10 Å². The largest absolute Gasteiger partial charge is 0.383 e. The first-order valence-electron chi connectivity index (χ1n) is 10.3. The molecular weight excluding hydrogens is 388 g/mol. The van der Waals surface area contributed by atoms with Crippen molar-refractivity contribution < 1.29 is 4.79 Å². The van der Waals surface area contributed by atoms with Crippen LogP contribution in [0.3, 0.4) is 0 Å². The number of rotatable bonds is 4. The number of nitrogen functional groups attached to an aromatic ring is 1. The smallest absolute Gasteiger partial charge is 0.229 e. The molecule has 5 rings (SSSR count). The van der Waals surface area contributed by atoms with Crippen LogP contribution in [0, 0.1) is 18.8 Å². The summed E-state index contributed by atoms with van der Waals surface area (Å²) in [5, 5.41) is 8.87. The van der Waals surface area contributed by atoms with Gasteiger partial charge in [0, 0.05) is 42.2 Å². The van der Waals surface area contributed by atoms with E-state index in [1.54, 1.807) is 10.9 Å². The number of benzene rings is 1. The van der Waals surface area contributed by atoms with E-state index >= 15 is 0 Å². The highest BCUT2D eigenvalue weighted by atomic mass is 16.2. The Hall–Kier alpha value is -3.74. The van der Waals surface area contributed by atoms with Crippen LogP contribution in [0.25, 0.3) is 22.0 Å². The number of nitrogens with two attached hydrogens (primary N) is 1. The van der Waals surface area contributed by atoms with E-state index in [2.05, 4.69) is 27.3 Å². The van der Waals surface area contributed by atoms with Gasteiger partial charge in [-0.05, 0) is 41.5 Å². The maximum absolute atomic E-state index is 12.9. The normalized spacial score (nSPS) is 20.0. The van der Waals surface area contributed by atoms with Crippen molar-refractivity contribution in [2.75, 3.05) is 11.1 Å². The van der Waals surface area contributed by atoms with Crippen LogP contribution < -0.4 is 11.1 Å². The third-order valence-electron chi connectivity index (χ3n) is 6.21. The first-order valence-corrected chi connectivity index (χ1v) is 10.3. The van der Waals surface area contributed by atoms with E-state index in [1.807, 2.05) is 62.8 Å². The predicted octanol–water partition coefficient (Wildman–Crippen LogP) is 3.91. The van der Waals surface area contributed by atoms with Crippen LogP contribution in [0.15, 0.2) is 55.0 Å². The number of carbonyl (C=O) groups is 1. The maximum Gasteiger partial charge on any atom is 0.229 e. The molecule has 0 aliphatic heterocycles. The highest BCUT2D eigenvalue weighted by molar-refractivity contribution is 5.99. The SMILES string of the molecule is Cc1ccccc1-c1cc2cc(NC(=O)[C@@H]3[C@H](C)[C@H]3c3cnn(C)c3)ncc2c(N)n1. The molecule has 0 bridgehead atoms. The lowest BCUT2D eigenvalue weighted by Gasteiger charge is -2.10. The van der Waals surface area contributed by atoms with Crippen LogP contribution in [0.4, 0.5) is 11.6 Å². The molecule has 7 heteroatoms. The van der Waals surface area contributed by atoms with Crippen LogP contribution in [0.2, 0.25) is 0 Å². The van der Waals surface area contributed by atoms with Gasteiger partial charge in [0.05, 0.1) is 11.9 Å². The Morgan fingerprint density at radius 1 is 1.19 bits per heavy atom. The molecule has 0 radical (unpaired) electrons. The van der Waals surface area contributed by atoms with E-state index < -0.39 is 0 Å². The average Bonchev–Trinajstić information content (AvgIpc) is 3.22. The van der Waals surface area contributed by atoms with Crippen molar-refractivity contribution in [3.63, 3.8) is 0 Å². The average molecular weight is 412 g/mol. The standard InChI is InChI=1S/C24H24N6O/c1-13-6-4-5-7-17(13)19-8-15-9-20(26-11-18(15)23(25)28-19)29-24(31)22-14(2)21(22)16-10-27-30(3)12-16/h4-12,14,21-22H,1-3H3,(H2,25,28)(H,26,29,31)/t14-,21+,22-/m1/s1. The lowest BCUT2D eigenvalue weighted by atomic mass is 10.0. The Kier molecular flexibility index (Phi) is 4.46. The molecule has 3 atom stereocenters. The van der Waals surface area contributed by atoms with Gasteiger partial charge in [-0.1, -0.05) is 31.2 Å². The number of hydrogen-bond acceptors (Lipinski definition) is 5. The van der Waals surface area contributed by atoms with Crippen LogP contribution in [0.1, 0.15) is 24.0 Å². The molecule has 156 valence electrons. The lowest BCUT2D eigenvalue weighted by molar-refractivity contribution is -0.117. The fourth-order valence-electron chi connectivity index (χ4n) is 4.44. The van der Waals surface area contributed by atoms with Crippen molar-refractivity contribution >= 4 is 28.3 Å². The Bertz CT molecular complexity index is 1310. The quantitative estimate of drug-likeness (QED) is 0.529. The first-order chi connectivity index (χ1) is 14.9. The van der Waals surface area contributed by atoms with Gasteiger partial charge in [-0.25, -0.2) is 9.97 Å². The van der Waals surface area contributed by atoms with Crippen LogP contribution in [-0.4, -0.2) is 25.7 Å². The summed E-state index contributed by atoms with van der Waals surface area (Å²) in [5.41, 5.74) is 10.3. The number of nitrogens with zero attached hydrogens (tertiary/aromatic N) is 4. The Morgan fingerprint density at radius 3 is 2.74 bits per heavy atom. The Balaban J connectivity index is 1.42. The number of aryl methyl sites for hydroxylation is 2. The summed E-state index contributed by atoms with van der Waals surface area (Å²) in [6.45, 7) is 4.14. The molecule has 31 heavy (non-hydrogen) atoms. The summed E-state index contributed by atoms with van der Waals surface area (Å²) < 4.78 is 1.77. The molecule has 1 aromatic carbocycles. The van der Waals surface area contributed by atoms with Gasteiger partial charge in [0.25, 0.3) is 0 Å². The number of amides is 1. The predicted molar refractivity (Wildman–Crippen MR) is 121 cm³/mol. The van der Waals surface area contributed by atoms with Gasteiger partial charge in [0.2, 0.25) is 5.91 Å². The molecule has 1 saturated carbocycles. The molecule has 0 saturated heterocycles. The summed E-state index contributed by atoms with van der Waals surface area (Å²) >= 11 is 0. The van der Waals surface area contributed by atoms with Gasteiger partial charge in [0.1, 0.15) is 11.6 Å². The lowest BCUT2D eigenvalue weighted by Crippen LogP contribution is -2.16. The zero-order valence-electron chi connectivity index (χ0n) is 17.7. The molecule has 0 unspecified atom stereocenters. The third-order valence-corrected chi connectivity index (χ3v) is 6.21. The molecule has 4 aromatic rings. The van der Waals surface area contributed by atoms with Crippen LogP contribution in [-0.2, 0) is 11.8 Å². The van der Waals surface area contributed by atoms with E-state index in [-0.39, 0.29) is 23.7 Å². The van der Waals surface area contributed by atoms with Crippen LogP contribution in [0.5, 0.6) is 0 Å². The Morgan fingerprint density at radius 2 is 2.00 bits per heavy atom. The minimum Gasteiger partial charge on any atom is -0.383 e. The number of nitrogens with one attached hydrogen (secondary N) is 1. The number of carbonyl (C=O) groups excluding carboxylic acids is 1. The summed E-state index contributed by atoms with van der Waals surface area (Å²) in [6, 6.07) is 11.9. The molecule has 3 N–H and O–H groups in total. The second-order valence-electron chi connectivity index (χ2n) is 8.35. The van der Waals surface area contributed by atoms with Gasteiger partial charge in [-0.3, -0.25) is 9.48 Å². The second kappa shape index (κ2) is 7.19. The molecule has 1 fully saturated rings. The topological polar surface area (TPSA) is 98.7 Å². The monoisotopic (exact) mass is 412 g/mol. The molecule has 3 aromatic heterocycles. The van der Waals surface area contributed by atoms with Crippen molar-refractivity contribution in [2.24, 2.45) is 18.9 Å². The third kappa shape index (κ3) is 3.42. The number of aromatic nitrogens is 4. The molecule has 1 aliphatic carbocycles. The van der Waals surface area contributed by atoms with E-state index in [4.69, 9.17) is 5.73 Å². The van der Waals surface area contributed by atoms with Crippen molar-refractivity contribution in [3.8, 4) is 11.3 Å². The Labute approximate surface area is 180 Å². The molecule has 1 aliphatic rings. The molecular formula is C24H24N6O. The van der Waals surface area contributed by atoms with E-state index in [9.17, 15) is 4.79 Å².